The Hall–Kier alpha value is -4.53. The van der Waals surface area contributed by atoms with Crippen LogP contribution in [0.4, 0.5) is 17.1 Å². The molecule has 0 spiro atoms. The number of aliphatic imine (C=N–C) groups is 1. The Bertz CT molecular complexity index is 1190. The van der Waals surface area contributed by atoms with Crippen LogP contribution in [0.25, 0.3) is 0 Å². The van der Waals surface area contributed by atoms with Crippen LogP contribution in [0.5, 0.6) is 11.5 Å². The average molecular weight is 447 g/mol. The molecule has 0 aliphatic heterocycles. The minimum Gasteiger partial charge on any atom is -0.493 e. The molecule has 0 heterocycles. The van der Waals surface area contributed by atoms with Crippen LogP contribution in [0.3, 0.4) is 0 Å². The van der Waals surface area contributed by atoms with Gasteiger partial charge in [-0.25, -0.2) is 0 Å². The summed E-state index contributed by atoms with van der Waals surface area (Å²) in [5.41, 5.74) is 2.94. The topological polar surface area (TPSA) is 117 Å². The van der Waals surface area contributed by atoms with Crippen LogP contribution in [-0.2, 0) is 13.0 Å². The van der Waals surface area contributed by atoms with Crippen molar-refractivity contribution in [2.45, 2.75) is 13.0 Å². The van der Waals surface area contributed by atoms with E-state index in [0.717, 1.165) is 16.7 Å². The Morgan fingerprint density at radius 1 is 0.970 bits per heavy atom. The third-order valence-electron chi connectivity index (χ3n) is 4.69. The Labute approximate surface area is 189 Å². The lowest BCUT2D eigenvalue weighted by atomic mass is 10.1. The van der Waals surface area contributed by atoms with E-state index in [1.807, 2.05) is 6.07 Å². The van der Waals surface area contributed by atoms with Crippen LogP contribution in [0.15, 0.2) is 78.3 Å². The maximum atomic E-state index is 10.8. The fraction of sp³-hybridized carbons (Fsp3) is 0.125. The van der Waals surface area contributed by atoms with E-state index in [0.29, 0.717) is 23.6 Å². The molecule has 0 N–H and O–H groups in total. The molecule has 0 aliphatic carbocycles. The molecule has 0 bridgehead atoms. The van der Waals surface area contributed by atoms with Gasteiger partial charge in [0.1, 0.15) is 6.61 Å². The summed E-state index contributed by atoms with van der Waals surface area (Å²) in [6.45, 7) is 4.00. The SMILES string of the molecule is C=CCc1cc(C=Nc2ccc([N+](=O)[O-])cc2)cc(OC)c1OCc1ccc([N+](=O)[O-])cc1. The number of rotatable bonds is 10. The van der Waals surface area contributed by atoms with E-state index in [1.165, 1.54) is 31.4 Å². The molecule has 168 valence electrons. The number of ether oxygens (including phenoxy) is 2. The van der Waals surface area contributed by atoms with Crippen molar-refractivity contribution in [3.8, 4) is 11.5 Å². The van der Waals surface area contributed by atoms with Gasteiger partial charge < -0.3 is 9.47 Å². The molecule has 0 amide bonds. The van der Waals surface area contributed by atoms with E-state index in [9.17, 15) is 20.2 Å². The average Bonchev–Trinajstić information content (AvgIpc) is 2.82. The van der Waals surface area contributed by atoms with Crippen molar-refractivity contribution in [1.82, 2.24) is 0 Å². The van der Waals surface area contributed by atoms with E-state index in [-0.39, 0.29) is 18.0 Å². The summed E-state index contributed by atoms with van der Waals surface area (Å²) in [5, 5.41) is 21.6. The number of methoxy groups -OCH3 is 1. The maximum Gasteiger partial charge on any atom is 0.269 e. The summed E-state index contributed by atoms with van der Waals surface area (Å²) >= 11 is 0. The Morgan fingerprint density at radius 3 is 2.12 bits per heavy atom. The fourth-order valence-corrected chi connectivity index (χ4v) is 3.06. The van der Waals surface area contributed by atoms with Crippen LogP contribution in [0.2, 0.25) is 0 Å². The van der Waals surface area contributed by atoms with Crippen LogP contribution >= 0.6 is 0 Å². The van der Waals surface area contributed by atoms with Gasteiger partial charge in [0.2, 0.25) is 0 Å². The molecule has 0 aromatic heterocycles. The Morgan fingerprint density at radius 2 is 1.58 bits per heavy atom. The summed E-state index contributed by atoms with van der Waals surface area (Å²) in [7, 11) is 1.53. The first kappa shape index (κ1) is 23.1. The zero-order chi connectivity index (χ0) is 23.8. The largest absolute Gasteiger partial charge is 0.493 e. The van der Waals surface area contributed by atoms with E-state index < -0.39 is 9.85 Å². The molecular weight excluding hydrogens is 426 g/mol. The lowest BCUT2D eigenvalue weighted by Gasteiger charge is -2.16. The summed E-state index contributed by atoms with van der Waals surface area (Å²) in [5.74, 6) is 1.05. The summed E-state index contributed by atoms with van der Waals surface area (Å²) < 4.78 is 11.5. The van der Waals surface area contributed by atoms with Crippen molar-refractivity contribution in [1.29, 1.82) is 0 Å². The van der Waals surface area contributed by atoms with E-state index in [2.05, 4.69) is 11.6 Å². The molecule has 3 aromatic rings. The van der Waals surface area contributed by atoms with Crippen LogP contribution in [0.1, 0.15) is 16.7 Å². The standard InChI is InChI=1S/C24H21N3O6/c1-3-4-19-13-18(15-25-20-7-11-22(12-8-20)27(30)31)14-23(32-2)24(19)33-16-17-5-9-21(10-6-17)26(28)29/h3,5-15H,1,4,16H2,2H3. The zero-order valence-electron chi connectivity index (χ0n) is 17.8. The summed E-state index contributed by atoms with van der Waals surface area (Å²) in [6.07, 6.45) is 3.90. The van der Waals surface area contributed by atoms with Crippen molar-refractivity contribution in [3.63, 3.8) is 0 Å². The molecule has 3 aromatic carbocycles. The molecule has 0 saturated carbocycles. The molecular formula is C24H21N3O6. The third kappa shape index (κ3) is 6.01. The van der Waals surface area contributed by atoms with Gasteiger partial charge in [0.25, 0.3) is 11.4 Å². The number of non-ortho nitro benzene ring substituents is 2. The number of hydrogen-bond acceptors (Lipinski definition) is 7. The first-order chi connectivity index (χ1) is 15.9. The predicted octanol–water partition coefficient (Wildman–Crippen LogP) is 5.57. The molecule has 0 saturated heterocycles. The van der Waals surface area contributed by atoms with Crippen molar-refractivity contribution in [3.05, 3.63) is 110 Å². The highest BCUT2D eigenvalue weighted by Gasteiger charge is 2.13. The second kappa shape index (κ2) is 10.7. The molecule has 0 atom stereocenters. The Balaban J connectivity index is 1.83. The molecule has 0 aliphatic rings. The molecule has 0 radical (unpaired) electrons. The lowest BCUT2D eigenvalue weighted by Crippen LogP contribution is -2.02. The minimum absolute atomic E-state index is 0.00147. The Kier molecular flexibility index (Phi) is 7.48. The molecule has 33 heavy (non-hydrogen) atoms. The second-order valence-electron chi connectivity index (χ2n) is 6.95. The van der Waals surface area contributed by atoms with Crippen molar-refractivity contribution >= 4 is 23.3 Å². The molecule has 0 unspecified atom stereocenters. The summed E-state index contributed by atoms with van der Waals surface area (Å²) in [6, 6.07) is 15.7. The van der Waals surface area contributed by atoms with Gasteiger partial charge >= 0.3 is 0 Å². The van der Waals surface area contributed by atoms with Crippen molar-refractivity contribution in [2.24, 2.45) is 4.99 Å². The zero-order valence-corrected chi connectivity index (χ0v) is 17.8. The molecule has 9 nitrogen and oxygen atoms in total. The number of nitro groups is 2. The van der Waals surface area contributed by atoms with Gasteiger partial charge in [-0.2, -0.15) is 0 Å². The van der Waals surface area contributed by atoms with Crippen LogP contribution in [-0.4, -0.2) is 23.2 Å². The van der Waals surface area contributed by atoms with Gasteiger partial charge in [-0.15, -0.1) is 6.58 Å². The number of nitrogens with zero attached hydrogens (tertiary/aromatic N) is 3. The maximum absolute atomic E-state index is 10.8. The van der Waals surface area contributed by atoms with Gasteiger partial charge in [0, 0.05) is 36.0 Å². The van der Waals surface area contributed by atoms with Gasteiger partial charge in [0.05, 0.1) is 22.6 Å². The first-order valence-corrected chi connectivity index (χ1v) is 9.87. The number of allylic oxidation sites excluding steroid dienone is 1. The van der Waals surface area contributed by atoms with E-state index in [1.54, 1.807) is 42.6 Å². The second-order valence-corrected chi connectivity index (χ2v) is 6.95. The van der Waals surface area contributed by atoms with Crippen LogP contribution < -0.4 is 9.47 Å². The number of benzene rings is 3. The highest BCUT2D eigenvalue weighted by Crippen LogP contribution is 2.34. The monoisotopic (exact) mass is 447 g/mol. The number of nitro benzene ring substituents is 2. The minimum atomic E-state index is -0.463. The van der Waals surface area contributed by atoms with Crippen LogP contribution in [0, 0.1) is 20.2 Å². The smallest absolute Gasteiger partial charge is 0.269 e. The van der Waals surface area contributed by atoms with Gasteiger partial charge in [-0.1, -0.05) is 6.08 Å². The third-order valence-corrected chi connectivity index (χ3v) is 4.69. The first-order valence-electron chi connectivity index (χ1n) is 9.87. The van der Waals surface area contributed by atoms with Gasteiger partial charge in [0.15, 0.2) is 11.5 Å². The summed E-state index contributed by atoms with van der Waals surface area (Å²) in [4.78, 5) is 25.1. The lowest BCUT2D eigenvalue weighted by molar-refractivity contribution is -0.385. The fourth-order valence-electron chi connectivity index (χ4n) is 3.06. The predicted molar refractivity (Wildman–Crippen MR) is 125 cm³/mol. The normalized spacial score (nSPS) is 10.7. The molecule has 3 rings (SSSR count). The van der Waals surface area contributed by atoms with Gasteiger partial charge in [-0.3, -0.25) is 25.2 Å². The van der Waals surface area contributed by atoms with Crippen molar-refractivity contribution < 1.29 is 19.3 Å². The molecule has 0 fully saturated rings. The highest BCUT2D eigenvalue weighted by molar-refractivity contribution is 5.84. The van der Waals surface area contributed by atoms with Gasteiger partial charge in [-0.05, 0) is 53.9 Å². The van der Waals surface area contributed by atoms with E-state index in [4.69, 9.17) is 9.47 Å². The molecule has 9 heteroatoms. The van der Waals surface area contributed by atoms with Crippen molar-refractivity contribution in [2.75, 3.05) is 7.11 Å². The quantitative estimate of drug-likeness (QED) is 0.174. The van der Waals surface area contributed by atoms with E-state index >= 15 is 0 Å². The number of hydrogen-bond donors (Lipinski definition) is 0. The highest BCUT2D eigenvalue weighted by atomic mass is 16.6.